The summed E-state index contributed by atoms with van der Waals surface area (Å²) in [5, 5.41) is 0. The molecule has 0 aromatic heterocycles. The van der Waals surface area contributed by atoms with E-state index >= 15 is 0 Å². The first kappa shape index (κ1) is 18.3. The van der Waals surface area contributed by atoms with Gasteiger partial charge in [0.1, 0.15) is 0 Å². The molecule has 2 aromatic rings. The van der Waals surface area contributed by atoms with Crippen molar-refractivity contribution in [3.63, 3.8) is 0 Å². The largest absolute Gasteiger partial charge is 0.363 e. The van der Waals surface area contributed by atoms with Gasteiger partial charge >= 0.3 is 0 Å². The predicted molar refractivity (Wildman–Crippen MR) is 115 cm³/mol. The second-order valence-corrected chi connectivity index (χ2v) is 8.39. The molecule has 2 heteroatoms. The number of aryl methyl sites for hydroxylation is 4. The molecule has 0 atom stereocenters. The summed E-state index contributed by atoms with van der Waals surface area (Å²) in [6.07, 6.45) is 12.2. The smallest absolute Gasteiger partial charge is 0.0912 e. The molecule has 0 radical (unpaired) electrons. The van der Waals surface area contributed by atoms with Crippen LogP contribution in [0.3, 0.4) is 0 Å². The molecule has 27 heavy (non-hydrogen) atoms. The van der Waals surface area contributed by atoms with Crippen LogP contribution in [0, 0.1) is 13.8 Å². The Labute approximate surface area is 164 Å². The summed E-state index contributed by atoms with van der Waals surface area (Å²) in [4.78, 5) is 7.16. The van der Waals surface area contributed by atoms with Crippen molar-refractivity contribution < 1.29 is 0 Å². The van der Waals surface area contributed by atoms with Gasteiger partial charge < -0.3 is 4.90 Å². The van der Waals surface area contributed by atoms with E-state index < -0.39 is 0 Å². The summed E-state index contributed by atoms with van der Waals surface area (Å²) in [6, 6.07) is 11.8. The molecule has 142 valence electrons. The van der Waals surface area contributed by atoms with E-state index in [9.17, 15) is 0 Å². The monoisotopic (exact) mass is 360 g/mol. The molecule has 2 aliphatic rings. The van der Waals surface area contributed by atoms with E-state index in [4.69, 9.17) is 4.99 Å². The third kappa shape index (κ3) is 4.43. The fourth-order valence-electron chi connectivity index (χ4n) is 4.48. The van der Waals surface area contributed by atoms with Gasteiger partial charge in [0.05, 0.1) is 12.0 Å². The van der Waals surface area contributed by atoms with E-state index in [2.05, 4.69) is 55.4 Å². The van der Waals surface area contributed by atoms with Crippen molar-refractivity contribution in [3.05, 3.63) is 63.7 Å². The van der Waals surface area contributed by atoms with E-state index in [1.54, 1.807) is 11.1 Å². The van der Waals surface area contributed by atoms with Gasteiger partial charge in [-0.1, -0.05) is 24.3 Å². The molecular weight excluding hydrogens is 328 g/mol. The fourth-order valence-corrected chi connectivity index (χ4v) is 4.48. The molecule has 1 fully saturated rings. The van der Waals surface area contributed by atoms with Gasteiger partial charge in [0, 0.05) is 13.1 Å². The van der Waals surface area contributed by atoms with Crippen LogP contribution < -0.4 is 0 Å². The maximum absolute atomic E-state index is 4.80. The summed E-state index contributed by atoms with van der Waals surface area (Å²) in [5.74, 6) is 0. The van der Waals surface area contributed by atoms with Crippen molar-refractivity contribution in [2.24, 2.45) is 4.99 Å². The first-order valence-corrected chi connectivity index (χ1v) is 10.7. The van der Waals surface area contributed by atoms with E-state index in [-0.39, 0.29) is 0 Å². The molecule has 1 aliphatic heterocycles. The highest BCUT2D eigenvalue weighted by atomic mass is 15.1. The zero-order valence-corrected chi connectivity index (χ0v) is 16.9. The fraction of sp³-hybridized carbons (Fsp3) is 0.480. The average Bonchev–Trinajstić information content (AvgIpc) is 2.70. The molecule has 1 heterocycles. The minimum Gasteiger partial charge on any atom is -0.363 e. The molecule has 0 N–H and O–H groups in total. The van der Waals surface area contributed by atoms with Gasteiger partial charge in [-0.25, -0.2) is 4.99 Å². The molecule has 0 bridgehead atoms. The number of benzene rings is 2. The first-order chi connectivity index (χ1) is 13.2. The van der Waals surface area contributed by atoms with Crippen LogP contribution in [-0.2, 0) is 19.3 Å². The van der Waals surface area contributed by atoms with E-state index in [0.717, 1.165) is 25.2 Å². The van der Waals surface area contributed by atoms with Gasteiger partial charge in [-0.3, -0.25) is 0 Å². The maximum Gasteiger partial charge on any atom is 0.0912 e. The second-order valence-electron chi connectivity index (χ2n) is 8.39. The quantitative estimate of drug-likeness (QED) is 0.488. The third-order valence-corrected chi connectivity index (χ3v) is 6.21. The molecule has 1 saturated heterocycles. The molecule has 4 rings (SSSR count). The van der Waals surface area contributed by atoms with Crippen LogP contribution in [0.15, 0.2) is 35.3 Å². The van der Waals surface area contributed by atoms with Gasteiger partial charge in [-0.15, -0.1) is 0 Å². The van der Waals surface area contributed by atoms with Crippen molar-refractivity contribution in [1.82, 2.24) is 4.90 Å². The van der Waals surface area contributed by atoms with Gasteiger partial charge in [0.25, 0.3) is 0 Å². The lowest BCUT2D eigenvalue weighted by molar-refractivity contribution is 0.351. The highest BCUT2D eigenvalue weighted by Gasteiger charge is 2.11. The molecule has 2 nitrogen and oxygen atoms in total. The van der Waals surface area contributed by atoms with Gasteiger partial charge in [-0.2, -0.15) is 0 Å². The summed E-state index contributed by atoms with van der Waals surface area (Å²) in [7, 11) is 0. The Hall–Kier alpha value is -2.09. The number of likely N-dealkylation sites (tertiary alicyclic amines) is 1. The van der Waals surface area contributed by atoms with Crippen LogP contribution in [0.5, 0.6) is 0 Å². The van der Waals surface area contributed by atoms with Crippen LogP contribution in [0.4, 0.5) is 5.69 Å². The standard InChI is InChI=1S/C25H32N2/c1-19-15-25(26-18-27-12-6-3-7-13-27)20(2)14-24(19)17-21-10-11-22-8-4-5-9-23(22)16-21/h10-11,14-16,18H,3-9,12-13,17H2,1-2H3. The van der Waals surface area contributed by atoms with Crippen molar-refractivity contribution in [1.29, 1.82) is 0 Å². The minimum absolute atomic E-state index is 1.02. The second kappa shape index (κ2) is 8.29. The lowest BCUT2D eigenvalue weighted by Crippen LogP contribution is -2.28. The molecule has 0 saturated carbocycles. The van der Waals surface area contributed by atoms with E-state index in [1.165, 1.54) is 67.2 Å². The van der Waals surface area contributed by atoms with Gasteiger partial charge in [0.15, 0.2) is 0 Å². The lowest BCUT2D eigenvalue weighted by atomic mass is 9.88. The van der Waals surface area contributed by atoms with Crippen molar-refractivity contribution >= 4 is 12.0 Å². The molecule has 0 unspecified atom stereocenters. The predicted octanol–water partition coefficient (Wildman–Crippen LogP) is 5.92. The SMILES string of the molecule is Cc1cc(N=CN2CCCCC2)c(C)cc1Cc1ccc2c(c1)CCCC2. The topological polar surface area (TPSA) is 15.6 Å². The van der Waals surface area contributed by atoms with Crippen LogP contribution >= 0.6 is 0 Å². The third-order valence-electron chi connectivity index (χ3n) is 6.21. The van der Waals surface area contributed by atoms with Crippen LogP contribution in [0.25, 0.3) is 0 Å². The molecular formula is C25H32N2. The first-order valence-electron chi connectivity index (χ1n) is 10.7. The Bertz CT molecular complexity index is 828. The zero-order valence-electron chi connectivity index (χ0n) is 16.9. The maximum atomic E-state index is 4.80. The normalized spacial score (nSPS) is 17.3. The minimum atomic E-state index is 1.02. The van der Waals surface area contributed by atoms with Crippen LogP contribution in [0.2, 0.25) is 0 Å². The Kier molecular flexibility index (Phi) is 5.61. The summed E-state index contributed by atoms with van der Waals surface area (Å²) in [6.45, 7) is 6.72. The number of aliphatic imine (C=N–C) groups is 1. The summed E-state index contributed by atoms with van der Waals surface area (Å²) >= 11 is 0. The summed E-state index contributed by atoms with van der Waals surface area (Å²) < 4.78 is 0. The number of hydrogen-bond acceptors (Lipinski definition) is 1. The Balaban J connectivity index is 1.50. The molecule has 1 aliphatic carbocycles. The Morgan fingerprint density at radius 2 is 1.63 bits per heavy atom. The van der Waals surface area contributed by atoms with Crippen LogP contribution in [-0.4, -0.2) is 24.3 Å². The Morgan fingerprint density at radius 1 is 0.852 bits per heavy atom. The Morgan fingerprint density at radius 3 is 2.44 bits per heavy atom. The van der Waals surface area contributed by atoms with Crippen molar-refractivity contribution in [2.75, 3.05) is 13.1 Å². The number of hydrogen-bond donors (Lipinski definition) is 0. The van der Waals surface area contributed by atoms with Crippen molar-refractivity contribution in [3.8, 4) is 0 Å². The lowest BCUT2D eigenvalue weighted by Gasteiger charge is -2.24. The molecule has 0 amide bonds. The molecule has 0 spiro atoms. The van der Waals surface area contributed by atoms with Gasteiger partial charge in [0.2, 0.25) is 0 Å². The number of fused-ring (bicyclic) bond motifs is 1. The number of piperidine rings is 1. The van der Waals surface area contributed by atoms with E-state index in [0.29, 0.717) is 0 Å². The zero-order chi connectivity index (χ0) is 18.6. The molecule has 2 aromatic carbocycles. The number of nitrogens with zero attached hydrogens (tertiary/aromatic N) is 2. The number of rotatable bonds is 4. The average molecular weight is 361 g/mol. The van der Waals surface area contributed by atoms with E-state index in [1.807, 2.05) is 0 Å². The highest BCUT2D eigenvalue weighted by molar-refractivity contribution is 5.64. The van der Waals surface area contributed by atoms with Gasteiger partial charge in [-0.05, 0) is 105 Å². The van der Waals surface area contributed by atoms with Crippen LogP contribution in [0.1, 0.15) is 65.5 Å². The van der Waals surface area contributed by atoms with Crippen molar-refractivity contribution in [2.45, 2.75) is 65.2 Å². The highest BCUT2D eigenvalue weighted by Crippen LogP contribution is 2.27. The summed E-state index contributed by atoms with van der Waals surface area (Å²) in [5.41, 5.74) is 9.78.